The van der Waals surface area contributed by atoms with Crippen molar-refractivity contribution in [3.63, 3.8) is 0 Å². The molecule has 16 heavy (non-hydrogen) atoms. The zero-order valence-electron chi connectivity index (χ0n) is 8.95. The number of likely N-dealkylation sites (N-methyl/N-ethyl adjacent to an activating group) is 1. The van der Waals surface area contributed by atoms with Crippen molar-refractivity contribution in [1.29, 1.82) is 0 Å². The number of carbonyl (C=O) groups excluding carboxylic acids is 1. The zero-order valence-corrected chi connectivity index (χ0v) is 9.76. The molecule has 3 N–H and O–H groups in total. The van der Waals surface area contributed by atoms with Crippen LogP contribution < -0.4 is 10.6 Å². The van der Waals surface area contributed by atoms with E-state index in [2.05, 4.69) is 10.6 Å². The van der Waals surface area contributed by atoms with E-state index < -0.39 is 5.97 Å². The zero-order chi connectivity index (χ0) is 12.0. The van der Waals surface area contributed by atoms with Crippen molar-refractivity contribution in [1.82, 2.24) is 10.6 Å². The highest BCUT2D eigenvalue weighted by Crippen LogP contribution is 2.16. The number of hydrogen-bond donors (Lipinski definition) is 3. The Balaban J connectivity index is 2.40. The van der Waals surface area contributed by atoms with E-state index in [4.69, 9.17) is 5.11 Å². The fraction of sp³-hybridized carbons (Fsp3) is 0.400. The first-order valence-electron chi connectivity index (χ1n) is 4.92. The van der Waals surface area contributed by atoms with Crippen LogP contribution in [0.5, 0.6) is 0 Å². The quantitative estimate of drug-likeness (QED) is 0.685. The van der Waals surface area contributed by atoms with E-state index in [-0.39, 0.29) is 12.5 Å². The SMILES string of the molecule is CCNC(=O)CNCc1ccsc1C(=O)O. The van der Waals surface area contributed by atoms with Crippen LogP contribution in [0.4, 0.5) is 0 Å². The standard InChI is InChI=1S/C10H14N2O3S/c1-2-12-8(13)6-11-5-7-3-4-16-9(7)10(14)15/h3-4,11H,2,5-6H2,1H3,(H,12,13)(H,14,15). The second kappa shape index (κ2) is 6.24. The molecule has 0 aliphatic carbocycles. The predicted octanol–water partition coefficient (Wildman–Crippen LogP) is 0.672. The number of carboxylic acids is 1. The highest BCUT2D eigenvalue weighted by molar-refractivity contribution is 7.12. The van der Waals surface area contributed by atoms with E-state index in [1.807, 2.05) is 6.92 Å². The van der Waals surface area contributed by atoms with Crippen LogP contribution in [0.3, 0.4) is 0 Å². The van der Waals surface area contributed by atoms with E-state index in [9.17, 15) is 9.59 Å². The summed E-state index contributed by atoms with van der Waals surface area (Å²) >= 11 is 1.19. The lowest BCUT2D eigenvalue weighted by molar-refractivity contribution is -0.120. The van der Waals surface area contributed by atoms with E-state index in [1.165, 1.54) is 11.3 Å². The van der Waals surface area contributed by atoms with Crippen LogP contribution in [-0.4, -0.2) is 30.1 Å². The molecule has 6 heteroatoms. The Bertz CT molecular complexity index is 376. The first-order valence-corrected chi connectivity index (χ1v) is 5.80. The molecule has 1 rings (SSSR count). The van der Waals surface area contributed by atoms with Crippen molar-refractivity contribution in [2.24, 2.45) is 0 Å². The van der Waals surface area contributed by atoms with Gasteiger partial charge in [0.05, 0.1) is 6.54 Å². The lowest BCUT2D eigenvalue weighted by Crippen LogP contribution is -2.33. The topological polar surface area (TPSA) is 78.4 Å². The third kappa shape index (κ3) is 3.63. The molecule has 1 amide bonds. The van der Waals surface area contributed by atoms with Crippen LogP contribution in [0.2, 0.25) is 0 Å². The molecule has 0 aromatic carbocycles. The lowest BCUT2D eigenvalue weighted by atomic mass is 10.2. The average Bonchev–Trinajstić information content (AvgIpc) is 2.66. The summed E-state index contributed by atoms with van der Waals surface area (Å²) in [6.07, 6.45) is 0. The van der Waals surface area contributed by atoms with E-state index >= 15 is 0 Å². The maximum absolute atomic E-state index is 11.1. The van der Waals surface area contributed by atoms with Gasteiger partial charge in [0.25, 0.3) is 0 Å². The van der Waals surface area contributed by atoms with Gasteiger partial charge in [0.2, 0.25) is 5.91 Å². The molecule has 5 nitrogen and oxygen atoms in total. The number of aromatic carboxylic acids is 1. The van der Waals surface area contributed by atoms with Gasteiger partial charge in [0.1, 0.15) is 4.88 Å². The lowest BCUT2D eigenvalue weighted by Gasteiger charge is -2.04. The Morgan fingerprint density at radius 3 is 2.88 bits per heavy atom. The molecule has 0 aliphatic rings. The minimum Gasteiger partial charge on any atom is -0.477 e. The Morgan fingerprint density at radius 1 is 1.50 bits per heavy atom. The van der Waals surface area contributed by atoms with Crippen LogP contribution >= 0.6 is 11.3 Å². The molecular formula is C10H14N2O3S. The van der Waals surface area contributed by atoms with Crippen molar-refractivity contribution in [2.45, 2.75) is 13.5 Å². The molecule has 1 aromatic heterocycles. The minimum absolute atomic E-state index is 0.0883. The molecule has 0 spiro atoms. The first-order chi connectivity index (χ1) is 7.65. The minimum atomic E-state index is -0.926. The largest absolute Gasteiger partial charge is 0.477 e. The molecular weight excluding hydrogens is 228 g/mol. The van der Waals surface area contributed by atoms with Gasteiger partial charge in [-0.2, -0.15) is 0 Å². The first kappa shape index (κ1) is 12.7. The van der Waals surface area contributed by atoms with Gasteiger partial charge < -0.3 is 15.7 Å². The van der Waals surface area contributed by atoms with Gasteiger partial charge in [0, 0.05) is 13.1 Å². The number of amides is 1. The van der Waals surface area contributed by atoms with Crippen LogP contribution in [0, 0.1) is 0 Å². The fourth-order valence-electron chi connectivity index (χ4n) is 1.23. The Hall–Kier alpha value is -1.40. The van der Waals surface area contributed by atoms with Crippen molar-refractivity contribution in [3.8, 4) is 0 Å². The van der Waals surface area contributed by atoms with Crippen molar-refractivity contribution >= 4 is 23.2 Å². The Labute approximate surface area is 97.5 Å². The molecule has 1 aromatic rings. The number of nitrogens with one attached hydrogen (secondary N) is 2. The highest BCUT2D eigenvalue weighted by atomic mass is 32.1. The summed E-state index contributed by atoms with van der Waals surface area (Å²) in [5.74, 6) is -1.01. The number of carbonyl (C=O) groups is 2. The molecule has 0 saturated heterocycles. The Morgan fingerprint density at radius 2 is 2.25 bits per heavy atom. The van der Waals surface area contributed by atoms with Gasteiger partial charge in [-0.05, 0) is 23.9 Å². The van der Waals surface area contributed by atoms with Crippen LogP contribution in [0.1, 0.15) is 22.2 Å². The molecule has 0 radical (unpaired) electrons. The molecule has 0 atom stereocenters. The second-order valence-electron chi connectivity index (χ2n) is 3.14. The van der Waals surface area contributed by atoms with Gasteiger partial charge in [-0.3, -0.25) is 4.79 Å². The average molecular weight is 242 g/mol. The van der Waals surface area contributed by atoms with E-state index in [0.29, 0.717) is 23.5 Å². The fourth-order valence-corrected chi connectivity index (χ4v) is 1.99. The van der Waals surface area contributed by atoms with E-state index in [1.54, 1.807) is 11.4 Å². The highest BCUT2D eigenvalue weighted by Gasteiger charge is 2.11. The molecule has 0 unspecified atom stereocenters. The molecule has 0 saturated carbocycles. The molecule has 0 aliphatic heterocycles. The maximum atomic E-state index is 11.1. The molecule has 1 heterocycles. The number of thiophene rings is 1. The molecule has 0 bridgehead atoms. The molecule has 88 valence electrons. The van der Waals surface area contributed by atoms with E-state index in [0.717, 1.165) is 0 Å². The van der Waals surface area contributed by atoms with Crippen molar-refractivity contribution < 1.29 is 14.7 Å². The summed E-state index contributed by atoms with van der Waals surface area (Å²) < 4.78 is 0. The van der Waals surface area contributed by atoms with Crippen LogP contribution in [0.25, 0.3) is 0 Å². The molecule has 0 fully saturated rings. The maximum Gasteiger partial charge on any atom is 0.346 e. The third-order valence-electron chi connectivity index (χ3n) is 1.92. The summed E-state index contributed by atoms with van der Waals surface area (Å²) in [6.45, 7) is 3.03. The normalized spacial score (nSPS) is 10.1. The Kier molecular flexibility index (Phi) is 4.94. The summed E-state index contributed by atoms with van der Waals surface area (Å²) in [7, 11) is 0. The smallest absolute Gasteiger partial charge is 0.346 e. The van der Waals surface area contributed by atoms with Gasteiger partial charge in [-0.25, -0.2) is 4.79 Å². The van der Waals surface area contributed by atoms with Gasteiger partial charge >= 0.3 is 5.97 Å². The van der Waals surface area contributed by atoms with Gasteiger partial charge in [-0.1, -0.05) is 0 Å². The predicted molar refractivity (Wildman–Crippen MR) is 61.7 cm³/mol. The summed E-state index contributed by atoms with van der Waals surface area (Å²) in [5, 5.41) is 16.1. The summed E-state index contributed by atoms with van der Waals surface area (Å²) in [5.41, 5.74) is 0.710. The summed E-state index contributed by atoms with van der Waals surface area (Å²) in [4.78, 5) is 22.2. The van der Waals surface area contributed by atoms with Gasteiger partial charge in [-0.15, -0.1) is 11.3 Å². The third-order valence-corrected chi connectivity index (χ3v) is 2.86. The number of rotatable bonds is 6. The van der Waals surface area contributed by atoms with Crippen molar-refractivity contribution in [2.75, 3.05) is 13.1 Å². The monoisotopic (exact) mass is 242 g/mol. The summed E-state index contributed by atoms with van der Waals surface area (Å²) in [6, 6.07) is 1.75. The van der Waals surface area contributed by atoms with Gasteiger partial charge in [0.15, 0.2) is 0 Å². The van der Waals surface area contributed by atoms with Crippen molar-refractivity contribution in [3.05, 3.63) is 21.9 Å². The van der Waals surface area contributed by atoms with Crippen LogP contribution in [-0.2, 0) is 11.3 Å². The second-order valence-corrected chi connectivity index (χ2v) is 4.05. The number of hydrogen-bond acceptors (Lipinski definition) is 4. The van der Waals surface area contributed by atoms with Crippen LogP contribution in [0.15, 0.2) is 11.4 Å². The number of carboxylic acid groups (broad SMARTS) is 1.